The van der Waals surface area contributed by atoms with Gasteiger partial charge in [-0.25, -0.2) is 8.42 Å². The molecule has 0 saturated heterocycles. The van der Waals surface area contributed by atoms with Crippen LogP contribution in [0.1, 0.15) is 29.8 Å². The summed E-state index contributed by atoms with van der Waals surface area (Å²) >= 11 is 3.32. The number of rotatable bonds is 7. The van der Waals surface area contributed by atoms with Crippen LogP contribution in [0.4, 0.5) is 0 Å². The number of nitrogens with zero attached hydrogens (tertiary/aromatic N) is 1. The summed E-state index contributed by atoms with van der Waals surface area (Å²) in [7, 11) is -3.67. The van der Waals surface area contributed by atoms with Gasteiger partial charge in [0.25, 0.3) is 5.91 Å². The Morgan fingerprint density at radius 1 is 1.00 bits per heavy atom. The number of benzene rings is 2. The Morgan fingerprint density at radius 3 is 2.25 bits per heavy atom. The number of hydrogen-bond donors (Lipinski definition) is 2. The van der Waals surface area contributed by atoms with E-state index in [0.29, 0.717) is 13.1 Å². The van der Waals surface area contributed by atoms with Crippen LogP contribution in [0.5, 0.6) is 0 Å². The molecule has 0 atom stereocenters. The summed E-state index contributed by atoms with van der Waals surface area (Å²) in [5, 5.41) is 0. The molecule has 0 heterocycles. The summed E-state index contributed by atoms with van der Waals surface area (Å²) < 4.78 is 27.4. The van der Waals surface area contributed by atoms with Crippen molar-refractivity contribution in [2.24, 2.45) is 0 Å². The van der Waals surface area contributed by atoms with Gasteiger partial charge in [0.15, 0.2) is 0 Å². The van der Waals surface area contributed by atoms with Gasteiger partial charge in [-0.1, -0.05) is 48.0 Å². The lowest BCUT2D eigenvalue weighted by Crippen LogP contribution is -2.42. The molecule has 0 spiro atoms. The number of carbonyl (C=O) groups excluding carboxylic acids is 2. The number of carbonyl (C=O) groups is 2. The summed E-state index contributed by atoms with van der Waals surface area (Å²) in [6, 6.07) is 13.0. The van der Waals surface area contributed by atoms with Crippen LogP contribution in [-0.2, 0) is 21.2 Å². The number of sulfonamides is 1. The zero-order valence-corrected chi connectivity index (χ0v) is 18.0. The highest BCUT2D eigenvalue weighted by Crippen LogP contribution is 2.17. The number of amides is 2. The highest BCUT2D eigenvalue weighted by Gasteiger charge is 2.22. The Bertz CT molecular complexity index is 942. The van der Waals surface area contributed by atoms with Crippen molar-refractivity contribution in [2.75, 3.05) is 13.1 Å². The molecule has 2 aromatic carbocycles. The van der Waals surface area contributed by atoms with Crippen molar-refractivity contribution in [1.82, 2.24) is 15.2 Å². The predicted octanol–water partition coefficient (Wildman–Crippen LogP) is 2.48. The largest absolute Gasteiger partial charge is 0.273 e. The van der Waals surface area contributed by atoms with Gasteiger partial charge in [-0.3, -0.25) is 20.4 Å². The summed E-state index contributed by atoms with van der Waals surface area (Å²) in [6.07, 6.45) is 0.101. The van der Waals surface area contributed by atoms with Gasteiger partial charge in [0.05, 0.1) is 11.3 Å². The van der Waals surface area contributed by atoms with Gasteiger partial charge >= 0.3 is 0 Å². The Kier molecular flexibility index (Phi) is 7.73. The van der Waals surface area contributed by atoms with Crippen molar-refractivity contribution >= 4 is 37.8 Å². The molecule has 0 bridgehead atoms. The molecule has 7 nitrogen and oxygen atoms in total. The molecule has 2 aromatic rings. The molecule has 0 fully saturated rings. The maximum Gasteiger partial charge on any atom is 0.269 e. The molecule has 0 aliphatic heterocycles. The Hall–Kier alpha value is -2.23. The number of hydrogen-bond acceptors (Lipinski definition) is 4. The van der Waals surface area contributed by atoms with E-state index in [2.05, 4.69) is 26.8 Å². The molecule has 9 heteroatoms. The molecule has 28 heavy (non-hydrogen) atoms. The van der Waals surface area contributed by atoms with Gasteiger partial charge in [-0.2, -0.15) is 4.31 Å². The lowest BCUT2D eigenvalue weighted by molar-refractivity contribution is -0.121. The molecule has 0 aliphatic rings. The standard InChI is InChI=1S/C19H22BrN3O4S/c1-3-23(4-2)28(26,27)17-7-5-6-15(13-17)19(25)22-21-18(24)12-14-8-10-16(20)11-9-14/h5-11,13H,3-4,12H2,1-2H3,(H,21,24)(H,22,25). The smallest absolute Gasteiger partial charge is 0.269 e. The van der Waals surface area contributed by atoms with Gasteiger partial charge in [0, 0.05) is 23.1 Å². The first-order valence-electron chi connectivity index (χ1n) is 8.71. The molecular weight excluding hydrogens is 446 g/mol. The van der Waals surface area contributed by atoms with E-state index < -0.39 is 15.9 Å². The minimum atomic E-state index is -3.67. The highest BCUT2D eigenvalue weighted by atomic mass is 79.9. The van der Waals surface area contributed by atoms with Crippen LogP contribution in [0, 0.1) is 0 Å². The van der Waals surface area contributed by atoms with Crippen LogP contribution in [0.25, 0.3) is 0 Å². The van der Waals surface area contributed by atoms with Gasteiger partial charge in [-0.15, -0.1) is 0 Å². The third-order valence-electron chi connectivity index (χ3n) is 4.03. The van der Waals surface area contributed by atoms with E-state index in [9.17, 15) is 18.0 Å². The van der Waals surface area contributed by atoms with Crippen molar-refractivity contribution in [2.45, 2.75) is 25.2 Å². The zero-order valence-electron chi connectivity index (χ0n) is 15.6. The molecule has 0 aromatic heterocycles. The van der Waals surface area contributed by atoms with Crippen molar-refractivity contribution < 1.29 is 18.0 Å². The summed E-state index contributed by atoms with van der Waals surface area (Å²) in [5.74, 6) is -0.983. The minimum Gasteiger partial charge on any atom is -0.273 e. The minimum absolute atomic E-state index is 0.0324. The monoisotopic (exact) mass is 467 g/mol. The van der Waals surface area contributed by atoms with Crippen LogP contribution in [-0.4, -0.2) is 37.6 Å². The molecule has 150 valence electrons. The average Bonchev–Trinajstić information content (AvgIpc) is 2.68. The molecule has 0 aliphatic carbocycles. The second-order valence-electron chi connectivity index (χ2n) is 5.92. The van der Waals surface area contributed by atoms with E-state index in [1.807, 2.05) is 12.1 Å². The fourth-order valence-electron chi connectivity index (χ4n) is 2.54. The van der Waals surface area contributed by atoms with Gasteiger partial charge in [0.2, 0.25) is 15.9 Å². The van der Waals surface area contributed by atoms with E-state index >= 15 is 0 Å². The summed E-state index contributed by atoms with van der Waals surface area (Å²) in [5.41, 5.74) is 5.58. The summed E-state index contributed by atoms with van der Waals surface area (Å²) in [4.78, 5) is 24.3. The molecule has 0 saturated carbocycles. The van der Waals surface area contributed by atoms with Crippen LogP contribution < -0.4 is 10.9 Å². The zero-order chi connectivity index (χ0) is 20.7. The Morgan fingerprint density at radius 2 is 1.64 bits per heavy atom. The van der Waals surface area contributed by atoms with Crippen LogP contribution in [0.2, 0.25) is 0 Å². The fourth-order valence-corrected chi connectivity index (χ4v) is 4.31. The van der Waals surface area contributed by atoms with Crippen molar-refractivity contribution in [3.8, 4) is 0 Å². The van der Waals surface area contributed by atoms with E-state index in [-0.39, 0.29) is 22.8 Å². The predicted molar refractivity (Wildman–Crippen MR) is 110 cm³/mol. The van der Waals surface area contributed by atoms with Gasteiger partial charge in [0.1, 0.15) is 0 Å². The number of hydrazine groups is 1. The lowest BCUT2D eigenvalue weighted by atomic mass is 10.1. The maximum absolute atomic E-state index is 12.6. The van der Waals surface area contributed by atoms with Gasteiger partial charge < -0.3 is 0 Å². The van der Waals surface area contributed by atoms with E-state index in [1.54, 1.807) is 26.0 Å². The first kappa shape index (κ1) is 22.1. The second-order valence-corrected chi connectivity index (χ2v) is 8.78. The third kappa shape index (κ3) is 5.63. The molecule has 0 unspecified atom stereocenters. The lowest BCUT2D eigenvalue weighted by Gasteiger charge is -2.18. The van der Waals surface area contributed by atoms with E-state index in [4.69, 9.17) is 0 Å². The summed E-state index contributed by atoms with van der Waals surface area (Å²) in [6.45, 7) is 4.17. The number of halogens is 1. The topological polar surface area (TPSA) is 95.6 Å². The third-order valence-corrected chi connectivity index (χ3v) is 6.61. The Balaban J connectivity index is 2.02. The maximum atomic E-state index is 12.6. The molecule has 2 amide bonds. The number of nitrogens with one attached hydrogen (secondary N) is 2. The molecular formula is C19H22BrN3O4S. The van der Waals surface area contributed by atoms with Crippen LogP contribution in [0.3, 0.4) is 0 Å². The first-order valence-corrected chi connectivity index (χ1v) is 10.9. The molecule has 2 rings (SSSR count). The second kappa shape index (κ2) is 9.81. The van der Waals surface area contributed by atoms with E-state index in [1.165, 1.54) is 28.6 Å². The van der Waals surface area contributed by atoms with E-state index in [0.717, 1.165) is 10.0 Å². The van der Waals surface area contributed by atoms with Gasteiger partial charge in [-0.05, 0) is 35.9 Å². The fraction of sp³-hybridized carbons (Fsp3) is 0.263. The quantitative estimate of drug-likeness (QED) is 0.611. The first-order chi connectivity index (χ1) is 13.3. The molecule has 0 radical (unpaired) electrons. The SMILES string of the molecule is CCN(CC)S(=O)(=O)c1cccc(C(=O)NNC(=O)Cc2ccc(Br)cc2)c1. The van der Waals surface area contributed by atoms with Crippen molar-refractivity contribution in [3.63, 3.8) is 0 Å². The van der Waals surface area contributed by atoms with Crippen LogP contribution >= 0.6 is 15.9 Å². The van der Waals surface area contributed by atoms with Crippen molar-refractivity contribution in [3.05, 3.63) is 64.1 Å². The van der Waals surface area contributed by atoms with Crippen LogP contribution in [0.15, 0.2) is 57.9 Å². The Labute approximate surface area is 173 Å². The van der Waals surface area contributed by atoms with Crippen molar-refractivity contribution in [1.29, 1.82) is 0 Å². The molecule has 2 N–H and O–H groups in total. The average molecular weight is 468 g/mol. The normalized spacial score (nSPS) is 11.3. The highest BCUT2D eigenvalue weighted by molar-refractivity contribution is 9.10.